The summed E-state index contributed by atoms with van der Waals surface area (Å²) in [6.07, 6.45) is 3.73. The number of anilines is 1. The van der Waals surface area contributed by atoms with Gasteiger partial charge >= 0.3 is 0 Å². The maximum absolute atomic E-state index is 12.0. The summed E-state index contributed by atoms with van der Waals surface area (Å²) in [5.41, 5.74) is 6.89. The van der Waals surface area contributed by atoms with Gasteiger partial charge in [0.15, 0.2) is 0 Å². The molecule has 1 aromatic carbocycles. The van der Waals surface area contributed by atoms with Gasteiger partial charge in [-0.3, -0.25) is 14.6 Å². The average Bonchev–Trinajstić information content (AvgIpc) is 2.54. The smallest absolute Gasteiger partial charge is 0.252 e. The van der Waals surface area contributed by atoms with Gasteiger partial charge in [0.2, 0.25) is 0 Å². The van der Waals surface area contributed by atoms with Gasteiger partial charge in [0, 0.05) is 35.5 Å². The van der Waals surface area contributed by atoms with Crippen molar-refractivity contribution >= 4 is 33.4 Å². The number of pyridine rings is 1. The average molecular weight is 377 g/mol. The largest absolute Gasteiger partial charge is 0.384 e. The second kappa shape index (κ2) is 8.28. The summed E-state index contributed by atoms with van der Waals surface area (Å²) in [6, 6.07) is 8.90. The Labute approximate surface area is 142 Å². The van der Waals surface area contributed by atoms with Gasteiger partial charge in [-0.1, -0.05) is 22.0 Å². The molecule has 0 aliphatic carbocycles. The maximum Gasteiger partial charge on any atom is 0.252 e. The van der Waals surface area contributed by atoms with Gasteiger partial charge in [0.25, 0.3) is 11.8 Å². The van der Waals surface area contributed by atoms with E-state index < -0.39 is 5.91 Å². The number of carbonyl (C=O) groups is 2. The summed E-state index contributed by atoms with van der Waals surface area (Å²) in [4.78, 5) is 27.1. The molecule has 0 spiro atoms. The van der Waals surface area contributed by atoms with Crippen LogP contribution >= 0.6 is 15.9 Å². The minimum atomic E-state index is -0.524. The Bertz CT molecular complexity index is 706. The molecule has 2 aromatic rings. The van der Waals surface area contributed by atoms with Crippen LogP contribution in [0.1, 0.15) is 27.1 Å². The quantitative estimate of drug-likeness (QED) is 0.645. The van der Waals surface area contributed by atoms with Crippen LogP contribution in [-0.4, -0.2) is 29.9 Å². The second-order valence-corrected chi connectivity index (χ2v) is 5.75. The Kier molecular flexibility index (Phi) is 6.10. The molecule has 1 aromatic heterocycles. The van der Waals surface area contributed by atoms with Crippen molar-refractivity contribution in [1.29, 1.82) is 0 Å². The summed E-state index contributed by atoms with van der Waals surface area (Å²) < 4.78 is 0.864. The Morgan fingerprint density at radius 1 is 1.22 bits per heavy atom. The summed E-state index contributed by atoms with van der Waals surface area (Å²) >= 11 is 3.33. The number of nitrogens with zero attached hydrogens (tertiary/aromatic N) is 1. The summed E-state index contributed by atoms with van der Waals surface area (Å²) in [6.45, 7) is 1.12. The van der Waals surface area contributed by atoms with E-state index in [9.17, 15) is 9.59 Å². The standard InChI is InChI=1S/C16H17BrN4O2/c17-12-4-1-3-11(9-12)16(23)21-7-2-6-20-14-5-8-19-10-13(14)15(18)22/h1,3-5,8-10H,2,6-7H2,(H2,18,22)(H,19,20)(H,21,23). The van der Waals surface area contributed by atoms with Crippen LogP contribution in [0.2, 0.25) is 0 Å². The summed E-state index contributed by atoms with van der Waals surface area (Å²) in [5.74, 6) is -0.642. The molecule has 0 radical (unpaired) electrons. The number of halogens is 1. The van der Waals surface area contributed by atoms with E-state index in [4.69, 9.17) is 5.73 Å². The van der Waals surface area contributed by atoms with Crippen LogP contribution in [0.5, 0.6) is 0 Å². The lowest BCUT2D eigenvalue weighted by molar-refractivity contribution is 0.0952. The predicted molar refractivity (Wildman–Crippen MR) is 92.3 cm³/mol. The number of primary amides is 1. The van der Waals surface area contributed by atoms with E-state index in [2.05, 4.69) is 31.5 Å². The normalized spacial score (nSPS) is 10.1. The zero-order chi connectivity index (χ0) is 16.7. The number of aromatic nitrogens is 1. The fraction of sp³-hybridized carbons (Fsp3) is 0.188. The van der Waals surface area contributed by atoms with E-state index in [1.807, 2.05) is 12.1 Å². The van der Waals surface area contributed by atoms with Crippen LogP contribution in [0.3, 0.4) is 0 Å². The Hall–Kier alpha value is -2.41. The fourth-order valence-electron chi connectivity index (χ4n) is 1.99. The molecule has 120 valence electrons. The highest BCUT2D eigenvalue weighted by molar-refractivity contribution is 9.10. The molecule has 0 atom stereocenters. The number of amides is 2. The van der Waals surface area contributed by atoms with Gasteiger partial charge in [0.05, 0.1) is 11.3 Å². The molecule has 0 fully saturated rings. The first-order chi connectivity index (χ1) is 11.1. The molecule has 0 aliphatic heterocycles. The molecule has 0 saturated heterocycles. The highest BCUT2D eigenvalue weighted by Crippen LogP contribution is 2.13. The fourth-order valence-corrected chi connectivity index (χ4v) is 2.39. The minimum Gasteiger partial charge on any atom is -0.384 e. The minimum absolute atomic E-state index is 0.118. The van der Waals surface area contributed by atoms with E-state index in [1.165, 1.54) is 6.20 Å². The molecular formula is C16H17BrN4O2. The molecule has 6 nitrogen and oxygen atoms in total. The van der Waals surface area contributed by atoms with Crippen LogP contribution in [0, 0.1) is 0 Å². The third-order valence-electron chi connectivity index (χ3n) is 3.13. The zero-order valence-corrected chi connectivity index (χ0v) is 14.0. The van der Waals surface area contributed by atoms with Crippen molar-refractivity contribution < 1.29 is 9.59 Å². The van der Waals surface area contributed by atoms with Crippen molar-refractivity contribution in [2.45, 2.75) is 6.42 Å². The van der Waals surface area contributed by atoms with E-state index in [0.717, 1.165) is 4.47 Å². The molecule has 0 saturated carbocycles. The molecule has 0 unspecified atom stereocenters. The molecule has 0 aliphatic rings. The lowest BCUT2D eigenvalue weighted by Crippen LogP contribution is -2.26. The van der Waals surface area contributed by atoms with Crippen molar-refractivity contribution in [2.75, 3.05) is 18.4 Å². The lowest BCUT2D eigenvalue weighted by atomic mass is 10.2. The maximum atomic E-state index is 12.0. The van der Waals surface area contributed by atoms with E-state index in [1.54, 1.807) is 24.4 Å². The summed E-state index contributed by atoms with van der Waals surface area (Å²) in [7, 11) is 0. The Morgan fingerprint density at radius 3 is 2.78 bits per heavy atom. The molecule has 1 heterocycles. The molecule has 0 bridgehead atoms. The van der Waals surface area contributed by atoms with E-state index in [-0.39, 0.29) is 5.91 Å². The van der Waals surface area contributed by atoms with E-state index in [0.29, 0.717) is 36.3 Å². The van der Waals surface area contributed by atoms with Crippen molar-refractivity contribution in [2.24, 2.45) is 5.73 Å². The van der Waals surface area contributed by atoms with Crippen molar-refractivity contribution in [3.63, 3.8) is 0 Å². The Morgan fingerprint density at radius 2 is 2.04 bits per heavy atom. The van der Waals surface area contributed by atoms with Gasteiger partial charge in [-0.2, -0.15) is 0 Å². The molecule has 2 rings (SSSR count). The third-order valence-corrected chi connectivity index (χ3v) is 3.62. The van der Waals surface area contributed by atoms with Crippen LogP contribution in [0.25, 0.3) is 0 Å². The van der Waals surface area contributed by atoms with Crippen LogP contribution in [0.4, 0.5) is 5.69 Å². The predicted octanol–water partition coefficient (Wildman–Crippen LogP) is 2.17. The lowest BCUT2D eigenvalue weighted by Gasteiger charge is -2.10. The number of carbonyl (C=O) groups excluding carboxylic acids is 2. The third kappa shape index (κ3) is 5.07. The number of nitrogens with two attached hydrogens (primary N) is 1. The van der Waals surface area contributed by atoms with Crippen LogP contribution in [-0.2, 0) is 0 Å². The van der Waals surface area contributed by atoms with Gasteiger partial charge in [0.1, 0.15) is 0 Å². The number of benzene rings is 1. The highest BCUT2D eigenvalue weighted by atomic mass is 79.9. The van der Waals surface area contributed by atoms with Gasteiger partial charge in [-0.25, -0.2) is 0 Å². The zero-order valence-electron chi connectivity index (χ0n) is 12.4. The number of hydrogen-bond acceptors (Lipinski definition) is 4. The SMILES string of the molecule is NC(=O)c1cnccc1NCCCNC(=O)c1cccc(Br)c1. The van der Waals surface area contributed by atoms with Crippen molar-refractivity contribution in [3.8, 4) is 0 Å². The van der Waals surface area contributed by atoms with Crippen LogP contribution in [0.15, 0.2) is 47.2 Å². The first kappa shape index (κ1) is 17.0. The number of rotatable bonds is 7. The topological polar surface area (TPSA) is 97.1 Å². The highest BCUT2D eigenvalue weighted by Gasteiger charge is 2.07. The first-order valence-electron chi connectivity index (χ1n) is 7.09. The van der Waals surface area contributed by atoms with E-state index >= 15 is 0 Å². The monoisotopic (exact) mass is 376 g/mol. The first-order valence-corrected chi connectivity index (χ1v) is 7.88. The number of nitrogens with one attached hydrogen (secondary N) is 2. The summed E-state index contributed by atoms with van der Waals surface area (Å²) in [5, 5.41) is 5.96. The van der Waals surface area contributed by atoms with Gasteiger partial charge < -0.3 is 16.4 Å². The molecule has 4 N–H and O–H groups in total. The molecular weight excluding hydrogens is 360 g/mol. The Balaban J connectivity index is 1.76. The van der Waals surface area contributed by atoms with Gasteiger partial charge in [-0.05, 0) is 30.7 Å². The van der Waals surface area contributed by atoms with Crippen molar-refractivity contribution in [3.05, 3.63) is 58.3 Å². The van der Waals surface area contributed by atoms with Crippen LogP contribution < -0.4 is 16.4 Å². The molecule has 2 amide bonds. The number of hydrogen-bond donors (Lipinski definition) is 3. The van der Waals surface area contributed by atoms with Crippen molar-refractivity contribution in [1.82, 2.24) is 10.3 Å². The second-order valence-electron chi connectivity index (χ2n) is 4.83. The molecule has 23 heavy (non-hydrogen) atoms. The van der Waals surface area contributed by atoms with Gasteiger partial charge in [-0.15, -0.1) is 0 Å². The molecule has 7 heteroatoms.